The van der Waals surface area contributed by atoms with Gasteiger partial charge in [-0.15, -0.1) is 0 Å². The molecule has 4 aromatic rings. The Morgan fingerprint density at radius 1 is 1.24 bits per heavy atom. The highest BCUT2D eigenvalue weighted by Gasteiger charge is 2.32. The van der Waals surface area contributed by atoms with Crippen molar-refractivity contribution in [1.82, 2.24) is 19.9 Å². The van der Waals surface area contributed by atoms with Gasteiger partial charge in [0.15, 0.2) is 21.3 Å². The lowest BCUT2D eigenvalue weighted by Gasteiger charge is -2.14. The number of carbonyl (C=O) groups excluding carboxylic acids is 1. The molecule has 1 aliphatic rings. The molecular formula is C23H21ClN4O4S. The normalized spacial score (nSPS) is 17.5. The number of nitrogens with one attached hydrogen (secondary N) is 1. The van der Waals surface area contributed by atoms with Crippen molar-refractivity contribution < 1.29 is 17.6 Å². The number of nitrogens with zero attached hydrogens (tertiary/aromatic N) is 3. The zero-order valence-corrected chi connectivity index (χ0v) is 19.4. The Balaban J connectivity index is 1.57. The predicted molar refractivity (Wildman–Crippen MR) is 125 cm³/mol. The lowest BCUT2D eigenvalue weighted by atomic mass is 10.2. The van der Waals surface area contributed by atoms with Gasteiger partial charge in [-0.2, -0.15) is 0 Å². The van der Waals surface area contributed by atoms with E-state index in [9.17, 15) is 13.2 Å². The number of aryl methyl sites for hydroxylation is 1. The summed E-state index contributed by atoms with van der Waals surface area (Å²) >= 11 is 5.94. The minimum Gasteiger partial charge on any atom is -0.463 e. The fraction of sp³-hybridized carbons (Fsp3) is 0.261. The molecule has 170 valence electrons. The number of sulfone groups is 1. The number of furan rings is 1. The lowest BCUT2D eigenvalue weighted by molar-refractivity contribution is 0.0947. The Labute approximate surface area is 195 Å². The van der Waals surface area contributed by atoms with Crippen molar-refractivity contribution in [3.8, 4) is 11.5 Å². The molecule has 4 heterocycles. The standard InChI is InChI=1S/C23H21ClN4O4S/c1-14-26-21-19(28(14)17-8-10-33(30,31)13-17)11-18(20-3-2-9-32-20)27-22(21)23(29)25-12-15-4-6-16(24)7-5-15/h2-7,9,11,17H,8,10,12-13H2,1H3,(H,25,29). The van der Waals surface area contributed by atoms with E-state index in [1.807, 2.05) is 23.6 Å². The summed E-state index contributed by atoms with van der Waals surface area (Å²) < 4.78 is 31.7. The molecule has 33 heavy (non-hydrogen) atoms. The summed E-state index contributed by atoms with van der Waals surface area (Å²) in [4.78, 5) is 22.4. The van der Waals surface area contributed by atoms with Crippen LogP contribution in [0.4, 0.5) is 0 Å². The first kappa shape index (κ1) is 21.7. The molecule has 1 fully saturated rings. The van der Waals surface area contributed by atoms with E-state index in [0.717, 1.165) is 5.56 Å². The van der Waals surface area contributed by atoms with Crippen LogP contribution in [0.1, 0.15) is 34.3 Å². The number of pyridine rings is 1. The molecule has 3 aromatic heterocycles. The fourth-order valence-corrected chi connectivity index (χ4v) is 6.05. The minimum absolute atomic E-state index is 0.0514. The number of carbonyl (C=O) groups is 1. The van der Waals surface area contributed by atoms with Gasteiger partial charge < -0.3 is 14.3 Å². The molecule has 1 amide bonds. The van der Waals surface area contributed by atoms with Gasteiger partial charge in [-0.1, -0.05) is 23.7 Å². The number of aromatic nitrogens is 3. The van der Waals surface area contributed by atoms with E-state index in [1.165, 1.54) is 6.26 Å². The van der Waals surface area contributed by atoms with Crippen molar-refractivity contribution in [1.29, 1.82) is 0 Å². The highest BCUT2D eigenvalue weighted by molar-refractivity contribution is 7.91. The third kappa shape index (κ3) is 4.26. The fourth-order valence-electron chi connectivity index (χ4n) is 4.23. The maximum atomic E-state index is 13.2. The molecule has 1 aliphatic heterocycles. The Hall–Kier alpha value is -3.17. The van der Waals surface area contributed by atoms with E-state index in [4.69, 9.17) is 16.0 Å². The van der Waals surface area contributed by atoms with Gasteiger partial charge in [0, 0.05) is 11.6 Å². The molecular weight excluding hydrogens is 464 g/mol. The molecule has 1 N–H and O–H groups in total. The van der Waals surface area contributed by atoms with Crippen molar-refractivity contribution in [3.05, 3.63) is 70.8 Å². The molecule has 1 saturated heterocycles. The SMILES string of the molecule is Cc1nc2c(C(=O)NCc3ccc(Cl)cc3)nc(-c3ccco3)cc2n1C1CCS(=O)(=O)C1. The molecule has 1 aromatic carbocycles. The summed E-state index contributed by atoms with van der Waals surface area (Å²) in [6.45, 7) is 2.11. The quantitative estimate of drug-likeness (QED) is 0.459. The van der Waals surface area contributed by atoms with Crippen LogP contribution in [0.3, 0.4) is 0 Å². The molecule has 5 rings (SSSR count). The van der Waals surface area contributed by atoms with Gasteiger partial charge in [-0.25, -0.2) is 18.4 Å². The summed E-state index contributed by atoms with van der Waals surface area (Å²) in [5.41, 5.74) is 2.62. The van der Waals surface area contributed by atoms with E-state index < -0.39 is 9.84 Å². The van der Waals surface area contributed by atoms with Crippen molar-refractivity contribution >= 4 is 38.4 Å². The van der Waals surface area contributed by atoms with Gasteiger partial charge >= 0.3 is 0 Å². The predicted octanol–water partition coefficient (Wildman–Crippen LogP) is 3.94. The summed E-state index contributed by atoms with van der Waals surface area (Å²) in [7, 11) is -3.10. The van der Waals surface area contributed by atoms with E-state index in [1.54, 1.807) is 30.3 Å². The van der Waals surface area contributed by atoms with Gasteiger partial charge in [0.2, 0.25) is 0 Å². The number of imidazole rings is 1. The number of hydrogen-bond acceptors (Lipinski definition) is 6. The first-order chi connectivity index (χ1) is 15.8. The van der Waals surface area contributed by atoms with E-state index in [-0.39, 0.29) is 29.1 Å². The van der Waals surface area contributed by atoms with Crippen molar-refractivity contribution in [2.45, 2.75) is 25.9 Å². The Morgan fingerprint density at radius 3 is 2.70 bits per heavy atom. The third-order valence-corrected chi connectivity index (χ3v) is 7.79. The molecule has 1 unspecified atom stereocenters. The van der Waals surface area contributed by atoms with Crippen molar-refractivity contribution in [2.75, 3.05) is 11.5 Å². The summed E-state index contributed by atoms with van der Waals surface area (Å²) in [6.07, 6.45) is 2.04. The van der Waals surface area contributed by atoms with Crippen LogP contribution in [0.25, 0.3) is 22.5 Å². The molecule has 10 heteroatoms. The maximum absolute atomic E-state index is 13.2. The maximum Gasteiger partial charge on any atom is 0.272 e. The molecule has 0 aliphatic carbocycles. The van der Waals surface area contributed by atoms with Gasteiger partial charge in [0.1, 0.15) is 17.0 Å². The Morgan fingerprint density at radius 2 is 2.03 bits per heavy atom. The zero-order valence-electron chi connectivity index (χ0n) is 17.8. The average molecular weight is 485 g/mol. The van der Waals surface area contributed by atoms with Crippen molar-refractivity contribution in [2.24, 2.45) is 0 Å². The summed E-state index contributed by atoms with van der Waals surface area (Å²) in [5, 5.41) is 3.51. The van der Waals surface area contributed by atoms with Crippen LogP contribution in [0.15, 0.2) is 53.1 Å². The van der Waals surface area contributed by atoms with Gasteiger partial charge in [0.25, 0.3) is 5.91 Å². The number of benzene rings is 1. The second kappa shape index (κ2) is 8.31. The molecule has 0 saturated carbocycles. The molecule has 0 spiro atoms. The molecule has 0 radical (unpaired) electrons. The average Bonchev–Trinajstić information content (AvgIpc) is 3.50. The number of fused-ring (bicyclic) bond motifs is 1. The van der Waals surface area contributed by atoms with Crippen LogP contribution in [0, 0.1) is 6.92 Å². The van der Waals surface area contributed by atoms with Crippen molar-refractivity contribution in [3.63, 3.8) is 0 Å². The molecule has 8 nitrogen and oxygen atoms in total. The van der Waals surface area contributed by atoms with E-state index >= 15 is 0 Å². The first-order valence-corrected chi connectivity index (χ1v) is 12.7. The highest BCUT2D eigenvalue weighted by atomic mass is 35.5. The van der Waals surface area contributed by atoms with Crippen LogP contribution in [0.2, 0.25) is 5.02 Å². The van der Waals surface area contributed by atoms with Gasteiger partial charge in [0.05, 0.1) is 29.3 Å². The summed E-state index contributed by atoms with van der Waals surface area (Å²) in [5.74, 6) is 0.953. The second-order valence-electron chi connectivity index (χ2n) is 8.10. The highest BCUT2D eigenvalue weighted by Crippen LogP contribution is 2.32. The number of rotatable bonds is 5. The van der Waals surface area contributed by atoms with Crippen LogP contribution in [-0.2, 0) is 16.4 Å². The van der Waals surface area contributed by atoms with Crippen LogP contribution >= 0.6 is 11.6 Å². The summed E-state index contributed by atoms with van der Waals surface area (Å²) in [6, 6.07) is 12.3. The number of amides is 1. The van der Waals surface area contributed by atoms with E-state index in [0.29, 0.717) is 46.3 Å². The Kier molecular flexibility index (Phi) is 5.46. The first-order valence-electron chi connectivity index (χ1n) is 10.5. The monoisotopic (exact) mass is 484 g/mol. The second-order valence-corrected chi connectivity index (χ2v) is 10.8. The number of hydrogen-bond donors (Lipinski definition) is 1. The van der Waals surface area contributed by atoms with E-state index in [2.05, 4.69) is 15.3 Å². The molecule has 0 bridgehead atoms. The van der Waals surface area contributed by atoms with Gasteiger partial charge in [-0.3, -0.25) is 4.79 Å². The smallest absolute Gasteiger partial charge is 0.272 e. The zero-order chi connectivity index (χ0) is 23.2. The van der Waals surface area contributed by atoms with Gasteiger partial charge in [-0.05, 0) is 49.2 Å². The largest absolute Gasteiger partial charge is 0.463 e. The third-order valence-electron chi connectivity index (χ3n) is 5.78. The number of halogens is 1. The lowest BCUT2D eigenvalue weighted by Crippen LogP contribution is -2.24. The molecule has 1 atom stereocenters. The Bertz CT molecular complexity index is 1440. The van der Waals surface area contributed by atoms with Crippen LogP contribution in [-0.4, -0.2) is 40.4 Å². The van der Waals surface area contributed by atoms with Crippen LogP contribution < -0.4 is 5.32 Å². The minimum atomic E-state index is -3.10. The topological polar surface area (TPSA) is 107 Å². The van der Waals surface area contributed by atoms with Crippen LogP contribution in [0.5, 0.6) is 0 Å².